The molecule has 2 aliphatic rings. The van der Waals surface area contributed by atoms with Crippen molar-refractivity contribution in [2.75, 3.05) is 18.1 Å². The van der Waals surface area contributed by atoms with Crippen molar-refractivity contribution in [2.24, 2.45) is 0 Å². The molecule has 1 atom stereocenters. The second-order valence-electron chi connectivity index (χ2n) is 5.06. The minimum Gasteiger partial charge on any atom is -0.306 e. The summed E-state index contributed by atoms with van der Waals surface area (Å²) in [5, 5.41) is 4.88. The van der Waals surface area contributed by atoms with E-state index in [1.807, 2.05) is 23.1 Å². The van der Waals surface area contributed by atoms with E-state index in [2.05, 4.69) is 29.6 Å². The Morgan fingerprint density at radius 1 is 1.21 bits per heavy atom. The summed E-state index contributed by atoms with van der Waals surface area (Å²) < 4.78 is 0. The highest BCUT2D eigenvalue weighted by Gasteiger charge is 2.24. The van der Waals surface area contributed by atoms with Gasteiger partial charge in [-0.1, -0.05) is 24.3 Å². The summed E-state index contributed by atoms with van der Waals surface area (Å²) in [5.74, 6) is 2.39. The van der Waals surface area contributed by atoms with Crippen LogP contribution in [0.1, 0.15) is 21.5 Å². The molecule has 1 aromatic heterocycles. The number of benzene rings is 1. The highest BCUT2D eigenvalue weighted by Crippen LogP contribution is 2.38. The van der Waals surface area contributed by atoms with Crippen molar-refractivity contribution in [1.29, 1.82) is 0 Å². The predicted molar refractivity (Wildman–Crippen MR) is 83.0 cm³/mol. The molecule has 0 spiro atoms. The largest absolute Gasteiger partial charge is 0.306 e. The molecule has 0 amide bonds. The molecule has 1 aliphatic carbocycles. The second-order valence-corrected chi connectivity index (χ2v) is 7.33. The highest BCUT2D eigenvalue weighted by atomic mass is 32.2. The molecule has 2 nitrogen and oxygen atoms in total. The average Bonchev–Trinajstić information content (AvgIpc) is 2.93. The van der Waals surface area contributed by atoms with Crippen LogP contribution in [0.4, 0.5) is 0 Å². The van der Waals surface area contributed by atoms with Crippen molar-refractivity contribution < 1.29 is 0 Å². The smallest absolute Gasteiger partial charge is 0.111 e. The molecule has 1 unspecified atom stereocenters. The number of fused-ring (bicyclic) bond motifs is 3. The fraction of sp³-hybridized carbons (Fsp3) is 0.400. The first-order valence-electron chi connectivity index (χ1n) is 6.81. The van der Waals surface area contributed by atoms with Crippen molar-refractivity contribution in [3.8, 4) is 11.3 Å². The van der Waals surface area contributed by atoms with Crippen LogP contribution in [0.25, 0.3) is 11.3 Å². The van der Waals surface area contributed by atoms with E-state index in [0.29, 0.717) is 6.04 Å². The molecule has 2 heterocycles. The molecule has 1 N–H and O–H groups in total. The maximum Gasteiger partial charge on any atom is 0.111 e. The lowest BCUT2D eigenvalue weighted by Crippen LogP contribution is -2.30. The summed E-state index contributed by atoms with van der Waals surface area (Å²) in [6.07, 6.45) is 2.32. The van der Waals surface area contributed by atoms with Gasteiger partial charge in [-0.25, -0.2) is 4.98 Å². The Morgan fingerprint density at radius 3 is 3.05 bits per heavy atom. The van der Waals surface area contributed by atoms with E-state index in [-0.39, 0.29) is 0 Å². The third-order valence-electron chi connectivity index (χ3n) is 3.83. The molecule has 0 radical (unpaired) electrons. The van der Waals surface area contributed by atoms with Crippen LogP contribution in [-0.4, -0.2) is 23.0 Å². The summed E-state index contributed by atoms with van der Waals surface area (Å²) in [6, 6.07) is 9.19. The Balaban J connectivity index is 1.74. The molecular formula is C15H16N2S2. The van der Waals surface area contributed by atoms with Gasteiger partial charge in [0, 0.05) is 28.5 Å². The zero-order valence-electron chi connectivity index (χ0n) is 10.7. The third kappa shape index (κ3) is 2.12. The molecule has 1 saturated heterocycles. The first-order valence-corrected chi connectivity index (χ1v) is 8.78. The molecule has 0 saturated carbocycles. The van der Waals surface area contributed by atoms with Gasteiger partial charge in [0.15, 0.2) is 0 Å². The molecule has 0 bridgehead atoms. The van der Waals surface area contributed by atoms with E-state index < -0.39 is 0 Å². The maximum atomic E-state index is 4.96. The molecule has 4 heteroatoms. The van der Waals surface area contributed by atoms with Crippen molar-refractivity contribution in [1.82, 2.24) is 10.3 Å². The molecule has 1 aromatic carbocycles. The van der Waals surface area contributed by atoms with Gasteiger partial charge in [-0.15, -0.1) is 11.3 Å². The van der Waals surface area contributed by atoms with Crippen molar-refractivity contribution in [3.05, 3.63) is 39.7 Å². The zero-order chi connectivity index (χ0) is 12.7. The van der Waals surface area contributed by atoms with E-state index in [0.717, 1.165) is 25.1 Å². The minimum atomic E-state index is 0.460. The topological polar surface area (TPSA) is 24.9 Å². The van der Waals surface area contributed by atoms with Gasteiger partial charge in [0.2, 0.25) is 0 Å². The highest BCUT2D eigenvalue weighted by molar-refractivity contribution is 7.99. The molecule has 98 valence electrons. The van der Waals surface area contributed by atoms with Crippen LogP contribution in [0.15, 0.2) is 24.3 Å². The van der Waals surface area contributed by atoms with Crippen LogP contribution in [-0.2, 0) is 12.8 Å². The number of thiazole rings is 1. The number of nitrogens with one attached hydrogen (secondary N) is 1. The van der Waals surface area contributed by atoms with Crippen molar-refractivity contribution in [2.45, 2.75) is 18.9 Å². The van der Waals surface area contributed by atoms with E-state index in [1.165, 1.54) is 32.5 Å². The van der Waals surface area contributed by atoms with Crippen molar-refractivity contribution >= 4 is 23.1 Å². The number of hydrogen-bond donors (Lipinski definition) is 1. The van der Waals surface area contributed by atoms with Gasteiger partial charge < -0.3 is 5.32 Å². The van der Waals surface area contributed by atoms with Gasteiger partial charge in [0.25, 0.3) is 0 Å². The number of thioether (sulfide) groups is 1. The quantitative estimate of drug-likeness (QED) is 0.871. The average molecular weight is 288 g/mol. The Morgan fingerprint density at radius 2 is 2.16 bits per heavy atom. The number of hydrogen-bond acceptors (Lipinski definition) is 4. The maximum absolute atomic E-state index is 4.96. The first-order chi connectivity index (χ1) is 9.42. The van der Waals surface area contributed by atoms with Gasteiger partial charge >= 0.3 is 0 Å². The minimum absolute atomic E-state index is 0.460. The lowest BCUT2D eigenvalue weighted by atomic mass is 9.94. The lowest BCUT2D eigenvalue weighted by molar-refractivity contribution is 0.592. The summed E-state index contributed by atoms with van der Waals surface area (Å²) in [5.41, 5.74) is 4.06. The molecule has 4 rings (SSSR count). The summed E-state index contributed by atoms with van der Waals surface area (Å²) >= 11 is 3.95. The van der Waals surface area contributed by atoms with Gasteiger partial charge in [0.1, 0.15) is 5.01 Å². The third-order valence-corrected chi connectivity index (χ3v) is 6.12. The van der Waals surface area contributed by atoms with E-state index in [9.17, 15) is 0 Å². The Bertz CT molecular complexity index is 600. The molecule has 19 heavy (non-hydrogen) atoms. The van der Waals surface area contributed by atoms with E-state index in [1.54, 1.807) is 0 Å². The normalized spacial score (nSPS) is 21.8. The fourth-order valence-electron chi connectivity index (χ4n) is 2.84. The molecule has 1 aliphatic heterocycles. The van der Waals surface area contributed by atoms with Crippen LogP contribution in [0, 0.1) is 0 Å². The lowest BCUT2D eigenvalue weighted by Gasteiger charge is -2.20. The summed E-state index contributed by atoms with van der Waals surface area (Å²) in [7, 11) is 0. The number of nitrogens with zero attached hydrogens (tertiary/aromatic N) is 1. The number of aryl methyl sites for hydroxylation is 2. The van der Waals surface area contributed by atoms with Crippen LogP contribution >= 0.6 is 23.1 Å². The Hall–Kier alpha value is -0.840. The molecular weight excluding hydrogens is 272 g/mol. The second kappa shape index (κ2) is 4.93. The van der Waals surface area contributed by atoms with E-state index in [4.69, 9.17) is 4.98 Å². The predicted octanol–water partition coefficient (Wildman–Crippen LogP) is 3.29. The van der Waals surface area contributed by atoms with Crippen LogP contribution in [0.3, 0.4) is 0 Å². The summed E-state index contributed by atoms with van der Waals surface area (Å²) in [4.78, 5) is 6.44. The van der Waals surface area contributed by atoms with Crippen LogP contribution < -0.4 is 5.32 Å². The van der Waals surface area contributed by atoms with Gasteiger partial charge in [-0.3, -0.25) is 0 Å². The first kappa shape index (κ1) is 11.9. The number of aromatic nitrogens is 1. The molecule has 2 aromatic rings. The van der Waals surface area contributed by atoms with Gasteiger partial charge in [-0.2, -0.15) is 11.8 Å². The van der Waals surface area contributed by atoms with Crippen molar-refractivity contribution in [3.63, 3.8) is 0 Å². The molecule has 1 fully saturated rings. The number of rotatable bonds is 1. The SMILES string of the molecule is c1ccc2c(c1)CCc1sc(C3CSCCN3)nc1-2. The monoisotopic (exact) mass is 288 g/mol. The zero-order valence-corrected chi connectivity index (χ0v) is 12.3. The Kier molecular flexibility index (Phi) is 3.10. The van der Waals surface area contributed by atoms with Gasteiger partial charge in [-0.05, 0) is 18.4 Å². The van der Waals surface area contributed by atoms with E-state index >= 15 is 0 Å². The van der Waals surface area contributed by atoms with Crippen LogP contribution in [0.2, 0.25) is 0 Å². The fourth-order valence-corrected chi connectivity index (χ4v) is 5.04. The Labute approximate surface area is 121 Å². The summed E-state index contributed by atoms with van der Waals surface area (Å²) in [6.45, 7) is 1.11. The van der Waals surface area contributed by atoms with Crippen LogP contribution in [0.5, 0.6) is 0 Å². The van der Waals surface area contributed by atoms with Gasteiger partial charge in [0.05, 0.1) is 11.7 Å². The standard InChI is InChI=1S/C15H16N2S2/c1-2-4-11-10(3-1)5-6-13-14(11)17-15(19-13)12-9-18-8-7-16-12/h1-4,12,16H,5-9H2.